The van der Waals surface area contributed by atoms with Gasteiger partial charge in [0.1, 0.15) is 24.1 Å². The van der Waals surface area contributed by atoms with Crippen molar-refractivity contribution in [1.82, 2.24) is 5.32 Å². The zero-order valence-corrected chi connectivity index (χ0v) is 16.6. The van der Waals surface area contributed by atoms with Crippen LogP contribution >= 0.6 is 0 Å². The van der Waals surface area contributed by atoms with E-state index < -0.39 is 41.9 Å². The Morgan fingerprint density at radius 2 is 1.79 bits per heavy atom. The quantitative estimate of drug-likeness (QED) is 0.830. The Labute approximate surface area is 168 Å². The number of halogens is 1. The highest BCUT2D eigenvalue weighted by molar-refractivity contribution is 5.94. The molecular weight excluding hydrogens is 381 g/mol. The van der Waals surface area contributed by atoms with Crippen LogP contribution < -0.4 is 5.32 Å². The monoisotopic (exact) mass is 407 g/mol. The summed E-state index contributed by atoms with van der Waals surface area (Å²) in [6.07, 6.45) is 2.03. The van der Waals surface area contributed by atoms with Crippen LogP contribution in [0.1, 0.15) is 49.9 Å². The van der Waals surface area contributed by atoms with Gasteiger partial charge in [-0.2, -0.15) is 0 Å². The van der Waals surface area contributed by atoms with Crippen LogP contribution in [-0.2, 0) is 23.7 Å². The topological polar surface area (TPSA) is 75.3 Å². The van der Waals surface area contributed by atoms with Gasteiger partial charge in [0.05, 0.1) is 12.6 Å². The molecule has 1 N–H and O–H groups in total. The van der Waals surface area contributed by atoms with Crippen LogP contribution in [0, 0.1) is 5.82 Å². The van der Waals surface area contributed by atoms with Crippen molar-refractivity contribution in [3.8, 4) is 0 Å². The van der Waals surface area contributed by atoms with Gasteiger partial charge in [-0.1, -0.05) is 0 Å². The molecule has 1 saturated carbocycles. The highest BCUT2D eigenvalue weighted by Crippen LogP contribution is 2.44. The van der Waals surface area contributed by atoms with Gasteiger partial charge in [-0.15, -0.1) is 0 Å². The lowest BCUT2D eigenvalue weighted by atomic mass is 10.0. The summed E-state index contributed by atoms with van der Waals surface area (Å²) in [7, 11) is 0. The lowest BCUT2D eigenvalue weighted by Gasteiger charge is -2.30. The Kier molecular flexibility index (Phi) is 4.67. The molecule has 1 spiro atoms. The maximum Gasteiger partial charge on any atom is 0.251 e. The average molecular weight is 407 g/mol. The molecule has 3 aliphatic heterocycles. The van der Waals surface area contributed by atoms with Gasteiger partial charge in [0.25, 0.3) is 5.91 Å². The Hall–Kier alpha value is -1.58. The van der Waals surface area contributed by atoms with E-state index in [0.29, 0.717) is 12.2 Å². The van der Waals surface area contributed by atoms with Crippen molar-refractivity contribution >= 4 is 5.91 Å². The molecule has 0 aromatic heterocycles. The predicted molar refractivity (Wildman–Crippen MR) is 98.4 cm³/mol. The first-order valence-corrected chi connectivity index (χ1v) is 10.2. The van der Waals surface area contributed by atoms with E-state index in [2.05, 4.69) is 5.32 Å². The number of benzene rings is 1. The molecule has 1 amide bonds. The molecule has 158 valence electrons. The third-order valence-corrected chi connectivity index (χ3v) is 6.10. The predicted octanol–water partition coefficient (Wildman–Crippen LogP) is 2.49. The molecule has 4 aliphatic rings. The molecule has 1 aliphatic carbocycles. The Balaban J connectivity index is 1.36. The van der Waals surface area contributed by atoms with Crippen LogP contribution in [0.5, 0.6) is 0 Å². The summed E-state index contributed by atoms with van der Waals surface area (Å²) in [5.74, 6) is -2.06. The van der Waals surface area contributed by atoms with Crippen LogP contribution in [0.3, 0.4) is 0 Å². The fourth-order valence-electron chi connectivity index (χ4n) is 4.77. The summed E-state index contributed by atoms with van der Waals surface area (Å²) in [6.45, 7) is 4.02. The van der Waals surface area contributed by atoms with Gasteiger partial charge in [-0.25, -0.2) is 4.39 Å². The summed E-state index contributed by atoms with van der Waals surface area (Å²) in [5.41, 5.74) is 0.364. The first-order valence-electron chi connectivity index (χ1n) is 10.2. The maximum atomic E-state index is 13.2. The van der Waals surface area contributed by atoms with E-state index in [4.69, 9.17) is 23.7 Å². The van der Waals surface area contributed by atoms with Crippen LogP contribution in [0.4, 0.5) is 4.39 Å². The Bertz CT molecular complexity index is 778. The molecule has 0 radical (unpaired) electrons. The fraction of sp³-hybridized carbons (Fsp3) is 0.667. The van der Waals surface area contributed by atoms with Crippen molar-refractivity contribution in [1.29, 1.82) is 0 Å². The van der Waals surface area contributed by atoms with Crippen LogP contribution in [0.25, 0.3) is 0 Å². The zero-order chi connectivity index (χ0) is 20.2. The Morgan fingerprint density at radius 3 is 2.52 bits per heavy atom. The van der Waals surface area contributed by atoms with Gasteiger partial charge >= 0.3 is 0 Å². The number of hydrogen-bond donors (Lipinski definition) is 1. The number of hydrogen-bond acceptors (Lipinski definition) is 6. The number of amides is 1. The molecule has 5 rings (SSSR count). The minimum Gasteiger partial charge on any atom is -0.347 e. The molecule has 3 heterocycles. The molecule has 3 saturated heterocycles. The number of fused-ring (bicyclic) bond motifs is 1. The minimum atomic E-state index is -0.807. The number of carbonyl (C=O) groups excluding carboxylic acids is 1. The van der Waals surface area contributed by atoms with Crippen molar-refractivity contribution in [3.63, 3.8) is 0 Å². The van der Waals surface area contributed by atoms with Crippen molar-refractivity contribution in [2.24, 2.45) is 0 Å². The van der Waals surface area contributed by atoms with Gasteiger partial charge in [-0.3, -0.25) is 4.79 Å². The van der Waals surface area contributed by atoms with Crippen molar-refractivity contribution in [3.05, 3.63) is 35.6 Å². The van der Waals surface area contributed by atoms with Gasteiger partial charge in [0.15, 0.2) is 17.9 Å². The molecule has 0 bridgehead atoms. The average Bonchev–Trinajstić information content (AvgIpc) is 3.43. The highest BCUT2D eigenvalue weighted by Gasteiger charge is 2.59. The molecule has 7 nitrogen and oxygen atoms in total. The number of rotatable bonds is 3. The van der Waals surface area contributed by atoms with E-state index in [-0.39, 0.29) is 12.0 Å². The summed E-state index contributed by atoms with van der Waals surface area (Å²) in [5, 5.41) is 3.00. The lowest BCUT2D eigenvalue weighted by Crippen LogP contribution is -2.52. The third kappa shape index (κ3) is 3.57. The Morgan fingerprint density at radius 1 is 1.07 bits per heavy atom. The molecule has 1 aromatic rings. The van der Waals surface area contributed by atoms with Gasteiger partial charge in [0.2, 0.25) is 0 Å². The van der Waals surface area contributed by atoms with Crippen molar-refractivity contribution in [2.75, 3.05) is 6.61 Å². The van der Waals surface area contributed by atoms with E-state index in [1.165, 1.54) is 24.3 Å². The summed E-state index contributed by atoms with van der Waals surface area (Å²) in [6, 6.07) is 4.94. The lowest BCUT2D eigenvalue weighted by molar-refractivity contribution is -0.226. The molecule has 5 atom stereocenters. The van der Waals surface area contributed by atoms with Gasteiger partial charge < -0.3 is 29.0 Å². The van der Waals surface area contributed by atoms with Crippen molar-refractivity contribution in [2.45, 2.75) is 81.7 Å². The molecule has 1 aromatic carbocycles. The summed E-state index contributed by atoms with van der Waals surface area (Å²) < 4.78 is 43.5. The second kappa shape index (κ2) is 6.99. The molecular formula is C21H26FNO6. The van der Waals surface area contributed by atoms with Gasteiger partial charge in [0, 0.05) is 18.4 Å². The van der Waals surface area contributed by atoms with E-state index in [0.717, 1.165) is 25.7 Å². The van der Waals surface area contributed by atoms with E-state index in [1.54, 1.807) is 0 Å². The largest absolute Gasteiger partial charge is 0.347 e. The minimum absolute atomic E-state index is 0.326. The third-order valence-electron chi connectivity index (χ3n) is 6.10. The SMILES string of the molecule is CC1(C)O[C@H]2O[C@H]([C@H]3COC4(CCCC4)O3)[C@@H](NC(=O)c3ccc(F)cc3)[C@H]2O1. The van der Waals surface area contributed by atoms with Crippen LogP contribution in [0.15, 0.2) is 24.3 Å². The number of nitrogens with one attached hydrogen (secondary N) is 1. The van der Waals surface area contributed by atoms with Crippen LogP contribution in [0.2, 0.25) is 0 Å². The second-order valence-corrected chi connectivity index (χ2v) is 8.66. The smallest absolute Gasteiger partial charge is 0.251 e. The second-order valence-electron chi connectivity index (χ2n) is 8.66. The van der Waals surface area contributed by atoms with E-state index in [9.17, 15) is 9.18 Å². The molecule has 29 heavy (non-hydrogen) atoms. The van der Waals surface area contributed by atoms with Crippen LogP contribution in [-0.4, -0.2) is 54.7 Å². The standard InChI is InChI=1S/C21H26FNO6/c1-20(2)28-17-15(23-18(24)12-5-7-13(22)8-6-12)16(26-19(17)29-20)14-11-25-21(27-14)9-3-4-10-21/h5-8,14-17,19H,3-4,9-11H2,1-2H3,(H,23,24)/t14-,15-,16-,17-,19-/m1/s1. The number of ether oxygens (including phenoxy) is 5. The first-order chi connectivity index (χ1) is 13.8. The first kappa shape index (κ1) is 19.4. The van der Waals surface area contributed by atoms with Gasteiger partial charge in [-0.05, 0) is 51.0 Å². The highest BCUT2D eigenvalue weighted by atomic mass is 19.1. The molecule has 0 unspecified atom stereocenters. The van der Waals surface area contributed by atoms with Crippen molar-refractivity contribution < 1.29 is 32.9 Å². The maximum absolute atomic E-state index is 13.2. The number of carbonyl (C=O) groups is 1. The summed E-state index contributed by atoms with van der Waals surface area (Å²) in [4.78, 5) is 12.8. The van der Waals surface area contributed by atoms with E-state index in [1.807, 2.05) is 13.8 Å². The zero-order valence-electron chi connectivity index (χ0n) is 16.6. The summed E-state index contributed by atoms with van der Waals surface area (Å²) >= 11 is 0. The van der Waals surface area contributed by atoms with E-state index >= 15 is 0 Å². The fourth-order valence-corrected chi connectivity index (χ4v) is 4.77. The molecule has 8 heteroatoms. The normalized spacial score (nSPS) is 37.1. The molecule has 4 fully saturated rings.